The van der Waals surface area contributed by atoms with Crippen LogP contribution in [0.3, 0.4) is 0 Å². The molecule has 0 heterocycles. The van der Waals surface area contributed by atoms with Gasteiger partial charge in [-0.1, -0.05) is 120 Å². The number of ether oxygens (including phenoxy) is 4. The normalized spacial score (nSPS) is 13.7. The summed E-state index contributed by atoms with van der Waals surface area (Å²) < 4.78 is 22.2. The minimum absolute atomic E-state index is 0.0997. The van der Waals surface area contributed by atoms with Gasteiger partial charge in [0.2, 0.25) is 0 Å². The van der Waals surface area contributed by atoms with Crippen molar-refractivity contribution < 1.29 is 38.1 Å². The number of unbranched alkanes of at least 4 members (excludes halogenated alkanes) is 10. The Hall–Kier alpha value is -4.20. The van der Waals surface area contributed by atoms with E-state index in [2.05, 4.69) is 13.8 Å². The lowest BCUT2D eigenvalue weighted by Crippen LogP contribution is -2.29. The highest BCUT2D eigenvalue weighted by Gasteiger charge is 2.43. The van der Waals surface area contributed by atoms with Crippen molar-refractivity contribution in [3.63, 3.8) is 0 Å². The zero-order valence-corrected chi connectivity index (χ0v) is 26.7. The first-order valence-corrected chi connectivity index (χ1v) is 16.3. The molecule has 0 N–H and O–H groups in total. The first-order chi connectivity index (χ1) is 21.9. The molecule has 0 unspecified atom stereocenters. The number of ketones is 2. The van der Waals surface area contributed by atoms with Crippen LogP contribution < -0.4 is 0 Å². The van der Waals surface area contributed by atoms with E-state index in [-0.39, 0.29) is 52.6 Å². The van der Waals surface area contributed by atoms with Gasteiger partial charge in [0.25, 0.3) is 0 Å². The van der Waals surface area contributed by atoms with E-state index in [0.29, 0.717) is 18.4 Å². The molecule has 8 heteroatoms. The summed E-state index contributed by atoms with van der Waals surface area (Å²) in [6.07, 6.45) is 10.3. The molecule has 4 rings (SSSR count). The third-order valence-corrected chi connectivity index (χ3v) is 8.05. The molecule has 0 saturated heterocycles. The van der Waals surface area contributed by atoms with Crippen molar-refractivity contribution in [1.82, 2.24) is 0 Å². The molecular formula is C37H44O8. The number of hydrogen-bond donors (Lipinski definition) is 0. The highest BCUT2D eigenvalue weighted by Crippen LogP contribution is 2.45. The van der Waals surface area contributed by atoms with Crippen LogP contribution in [0.2, 0.25) is 0 Å². The molecule has 2 aromatic rings. The largest absolute Gasteiger partial charge is 0.513 e. The number of carbonyl (C=O) groups excluding carboxylic acids is 4. The SMILES string of the molecule is CCCCCCCCOC(=O)OC1=C2C(=O)c3ccc(C)cc3C(OC(=O)OCCCCCCCC)=C2C(=O)c2ccccc21. The highest BCUT2D eigenvalue weighted by atomic mass is 16.7. The van der Waals surface area contributed by atoms with Crippen molar-refractivity contribution in [2.24, 2.45) is 0 Å². The van der Waals surface area contributed by atoms with Crippen LogP contribution in [0.1, 0.15) is 128 Å². The van der Waals surface area contributed by atoms with Crippen LogP contribution in [0.4, 0.5) is 9.59 Å². The fraction of sp³-hybridized carbons (Fsp3) is 0.459. The van der Waals surface area contributed by atoms with Crippen LogP contribution >= 0.6 is 0 Å². The molecule has 45 heavy (non-hydrogen) atoms. The number of aryl methyl sites for hydroxylation is 1. The molecular weight excluding hydrogens is 572 g/mol. The summed E-state index contributed by atoms with van der Waals surface area (Å²) in [5.41, 5.74) is 1.51. The van der Waals surface area contributed by atoms with E-state index in [0.717, 1.165) is 56.9 Å². The average Bonchev–Trinajstić information content (AvgIpc) is 3.03. The summed E-state index contributed by atoms with van der Waals surface area (Å²) in [5, 5.41) is 0. The molecule has 0 radical (unpaired) electrons. The minimum Gasteiger partial charge on any atom is -0.434 e. The number of benzene rings is 2. The summed E-state index contributed by atoms with van der Waals surface area (Å²) in [6, 6.07) is 11.6. The Morgan fingerprint density at radius 2 is 1.00 bits per heavy atom. The molecule has 0 aliphatic heterocycles. The molecule has 0 spiro atoms. The van der Waals surface area contributed by atoms with E-state index in [4.69, 9.17) is 18.9 Å². The summed E-state index contributed by atoms with van der Waals surface area (Å²) in [6.45, 7) is 6.49. The molecule has 0 fully saturated rings. The smallest absolute Gasteiger partial charge is 0.434 e. The van der Waals surface area contributed by atoms with Gasteiger partial charge in [0.1, 0.15) is 0 Å². The third kappa shape index (κ3) is 8.50. The van der Waals surface area contributed by atoms with Gasteiger partial charge < -0.3 is 18.9 Å². The van der Waals surface area contributed by atoms with Crippen molar-refractivity contribution in [1.29, 1.82) is 0 Å². The van der Waals surface area contributed by atoms with Gasteiger partial charge in [-0.2, -0.15) is 0 Å². The molecule has 0 saturated carbocycles. The second kappa shape index (κ2) is 16.8. The quantitative estimate of drug-likeness (QED) is 0.136. The third-order valence-electron chi connectivity index (χ3n) is 8.05. The fourth-order valence-electron chi connectivity index (χ4n) is 5.64. The van der Waals surface area contributed by atoms with E-state index in [9.17, 15) is 19.2 Å². The zero-order chi connectivity index (χ0) is 32.2. The van der Waals surface area contributed by atoms with Crippen molar-refractivity contribution in [2.45, 2.75) is 97.8 Å². The summed E-state index contributed by atoms with van der Waals surface area (Å²) in [7, 11) is 0. The predicted molar refractivity (Wildman–Crippen MR) is 172 cm³/mol. The van der Waals surface area contributed by atoms with Crippen LogP contribution in [0, 0.1) is 6.92 Å². The number of fused-ring (bicyclic) bond motifs is 3. The van der Waals surface area contributed by atoms with E-state index >= 15 is 0 Å². The summed E-state index contributed by atoms with van der Waals surface area (Å²) in [5.74, 6) is -1.25. The Bertz CT molecular complexity index is 1460. The Morgan fingerprint density at radius 1 is 0.556 bits per heavy atom. The van der Waals surface area contributed by atoms with Crippen molar-refractivity contribution >= 4 is 35.4 Å². The lowest BCUT2D eigenvalue weighted by atomic mass is 9.76. The Labute approximate surface area is 265 Å². The van der Waals surface area contributed by atoms with Crippen molar-refractivity contribution in [3.8, 4) is 0 Å². The van der Waals surface area contributed by atoms with E-state index < -0.39 is 23.9 Å². The number of Topliss-reactive ketones (excluding diaryl/α,β-unsaturated/α-hetero) is 2. The van der Waals surface area contributed by atoms with Crippen LogP contribution in [0.5, 0.6) is 0 Å². The van der Waals surface area contributed by atoms with E-state index in [1.54, 1.807) is 42.5 Å². The Morgan fingerprint density at radius 3 is 1.53 bits per heavy atom. The van der Waals surface area contributed by atoms with Gasteiger partial charge in [0.05, 0.1) is 24.4 Å². The fourth-order valence-corrected chi connectivity index (χ4v) is 5.64. The summed E-state index contributed by atoms with van der Waals surface area (Å²) >= 11 is 0. The van der Waals surface area contributed by atoms with Gasteiger partial charge in [0.15, 0.2) is 23.1 Å². The van der Waals surface area contributed by atoms with Crippen molar-refractivity contribution in [2.75, 3.05) is 13.2 Å². The first-order valence-electron chi connectivity index (χ1n) is 16.3. The maximum atomic E-state index is 14.0. The molecule has 0 bridgehead atoms. The monoisotopic (exact) mass is 616 g/mol. The second-order valence-electron chi connectivity index (χ2n) is 11.6. The average molecular weight is 617 g/mol. The molecule has 8 nitrogen and oxygen atoms in total. The van der Waals surface area contributed by atoms with E-state index in [1.807, 2.05) is 6.92 Å². The van der Waals surface area contributed by atoms with Gasteiger partial charge in [-0.15, -0.1) is 0 Å². The standard InChI is InChI=1S/C37H44O8/c1-4-6-8-10-12-16-22-42-36(40)44-34-28-19-15-14-18-26(28)32(38)31-30(34)33(39)27-21-20-25(3)24-29(27)35(31)45-37(41)43-23-17-13-11-9-7-5-2/h14-15,18-21,24H,4-13,16-17,22-23H2,1-3H3. The lowest BCUT2D eigenvalue weighted by Gasteiger charge is -2.29. The van der Waals surface area contributed by atoms with Crippen molar-refractivity contribution in [3.05, 3.63) is 81.4 Å². The number of rotatable bonds is 16. The van der Waals surface area contributed by atoms with Gasteiger partial charge >= 0.3 is 12.3 Å². The molecule has 0 aromatic heterocycles. The number of hydrogen-bond acceptors (Lipinski definition) is 8. The zero-order valence-electron chi connectivity index (χ0n) is 26.7. The first kappa shape index (κ1) is 33.7. The lowest BCUT2D eigenvalue weighted by molar-refractivity contribution is 0.0841. The molecule has 0 atom stereocenters. The van der Waals surface area contributed by atoms with Crippen LogP contribution in [0.15, 0.2) is 53.6 Å². The molecule has 240 valence electrons. The second-order valence-corrected chi connectivity index (χ2v) is 11.6. The number of carbonyl (C=O) groups is 4. The van der Waals surface area contributed by atoms with Crippen LogP contribution in [0.25, 0.3) is 11.5 Å². The topological polar surface area (TPSA) is 105 Å². The molecule has 0 amide bonds. The van der Waals surface area contributed by atoms with Crippen LogP contribution in [-0.2, 0) is 18.9 Å². The molecule has 2 aliphatic carbocycles. The predicted octanol–water partition coefficient (Wildman–Crippen LogP) is 9.54. The number of allylic oxidation sites excluding steroid dienone is 2. The Balaban J connectivity index is 1.63. The van der Waals surface area contributed by atoms with Gasteiger partial charge in [-0.05, 0) is 25.8 Å². The minimum atomic E-state index is -0.974. The van der Waals surface area contributed by atoms with Crippen LogP contribution in [-0.4, -0.2) is 37.1 Å². The highest BCUT2D eigenvalue weighted by molar-refractivity contribution is 6.34. The molecule has 2 aromatic carbocycles. The van der Waals surface area contributed by atoms with Gasteiger partial charge in [0, 0.05) is 22.3 Å². The maximum absolute atomic E-state index is 14.0. The van der Waals surface area contributed by atoms with E-state index in [1.165, 1.54) is 12.8 Å². The Kier molecular flexibility index (Phi) is 12.5. The van der Waals surface area contributed by atoms with Gasteiger partial charge in [-0.25, -0.2) is 9.59 Å². The molecule has 2 aliphatic rings. The maximum Gasteiger partial charge on any atom is 0.513 e. The van der Waals surface area contributed by atoms with Gasteiger partial charge in [-0.3, -0.25) is 9.59 Å². The summed E-state index contributed by atoms with van der Waals surface area (Å²) in [4.78, 5) is 53.8.